The van der Waals surface area contributed by atoms with Crippen LogP contribution in [0.4, 0.5) is 0 Å². The third kappa shape index (κ3) is 1.34. The third-order valence-corrected chi connectivity index (χ3v) is 4.58. The van der Waals surface area contributed by atoms with Crippen LogP contribution in [0.15, 0.2) is 12.2 Å². The monoisotopic (exact) mass is 206 g/mol. The Kier molecular flexibility index (Phi) is 2.11. The summed E-state index contributed by atoms with van der Waals surface area (Å²) in [5, 5.41) is 0. The summed E-state index contributed by atoms with van der Waals surface area (Å²) in [7, 11) is 0. The second kappa shape index (κ2) is 3.36. The van der Waals surface area contributed by atoms with Crippen molar-refractivity contribution in [2.75, 3.05) is 0 Å². The number of carbonyl (C=O) groups is 1. The highest BCUT2D eigenvalue weighted by molar-refractivity contribution is 5.90. The molecule has 2 nitrogen and oxygen atoms in total. The summed E-state index contributed by atoms with van der Waals surface area (Å²) in [4.78, 5) is 11.5. The smallest absolute Gasteiger partial charge is 0.334 e. The summed E-state index contributed by atoms with van der Waals surface area (Å²) in [6, 6.07) is 0. The number of hydrogen-bond donors (Lipinski definition) is 0. The van der Waals surface area contributed by atoms with Crippen molar-refractivity contribution in [1.82, 2.24) is 0 Å². The van der Waals surface area contributed by atoms with Gasteiger partial charge in [-0.25, -0.2) is 4.79 Å². The van der Waals surface area contributed by atoms with Gasteiger partial charge in [0.05, 0.1) is 0 Å². The second-order valence-corrected chi connectivity index (χ2v) is 5.29. The fraction of sp³-hybridized carbons (Fsp3) is 0.769. The van der Waals surface area contributed by atoms with Crippen LogP contribution >= 0.6 is 0 Å². The number of hydrogen-bond acceptors (Lipinski definition) is 2. The first kappa shape index (κ1) is 9.44. The second-order valence-electron chi connectivity index (χ2n) is 5.29. The number of esters is 1. The van der Waals surface area contributed by atoms with E-state index in [4.69, 9.17) is 4.74 Å². The molecule has 0 aromatic heterocycles. The van der Waals surface area contributed by atoms with Crippen LogP contribution in [0.1, 0.15) is 38.5 Å². The summed E-state index contributed by atoms with van der Waals surface area (Å²) < 4.78 is 5.53. The van der Waals surface area contributed by atoms with E-state index in [0.29, 0.717) is 11.8 Å². The molecule has 4 atom stereocenters. The highest BCUT2D eigenvalue weighted by Gasteiger charge is 2.47. The summed E-state index contributed by atoms with van der Waals surface area (Å²) in [6.45, 7) is 3.90. The van der Waals surface area contributed by atoms with E-state index in [1.165, 1.54) is 32.1 Å². The molecule has 0 aromatic rings. The van der Waals surface area contributed by atoms with Crippen LogP contribution in [0, 0.1) is 17.8 Å². The maximum atomic E-state index is 11.5. The highest BCUT2D eigenvalue weighted by atomic mass is 16.6. The molecule has 0 bridgehead atoms. The minimum Gasteiger partial charge on any atom is -0.458 e. The molecule has 1 aliphatic heterocycles. The molecule has 2 aliphatic carbocycles. The van der Waals surface area contributed by atoms with Crippen molar-refractivity contribution >= 4 is 5.97 Å². The van der Waals surface area contributed by atoms with E-state index in [2.05, 4.69) is 6.58 Å². The van der Waals surface area contributed by atoms with E-state index >= 15 is 0 Å². The average Bonchev–Trinajstić information content (AvgIpc) is 2.73. The van der Waals surface area contributed by atoms with E-state index in [1.807, 2.05) is 0 Å². The lowest BCUT2D eigenvalue weighted by Crippen LogP contribution is -2.27. The minimum absolute atomic E-state index is 0.127. The van der Waals surface area contributed by atoms with Gasteiger partial charge in [-0.1, -0.05) is 32.3 Å². The molecule has 0 spiro atoms. The van der Waals surface area contributed by atoms with Crippen LogP contribution in [0.5, 0.6) is 0 Å². The third-order valence-electron chi connectivity index (χ3n) is 4.58. The Morgan fingerprint density at radius 3 is 2.67 bits per heavy atom. The Labute approximate surface area is 90.7 Å². The lowest BCUT2D eigenvalue weighted by Gasteiger charge is -2.24. The Bertz CT molecular complexity index is 308. The van der Waals surface area contributed by atoms with Crippen molar-refractivity contribution < 1.29 is 9.53 Å². The Hall–Kier alpha value is -0.790. The molecule has 0 aromatic carbocycles. The molecule has 2 saturated carbocycles. The van der Waals surface area contributed by atoms with Gasteiger partial charge in [0.1, 0.15) is 6.10 Å². The Balaban J connectivity index is 1.89. The molecular weight excluding hydrogens is 188 g/mol. The van der Waals surface area contributed by atoms with Crippen molar-refractivity contribution in [3.63, 3.8) is 0 Å². The van der Waals surface area contributed by atoms with Crippen molar-refractivity contribution in [1.29, 1.82) is 0 Å². The maximum absolute atomic E-state index is 11.5. The largest absolute Gasteiger partial charge is 0.458 e. The fourth-order valence-electron chi connectivity index (χ4n) is 3.81. The normalized spacial score (nSPS) is 44.5. The molecule has 0 amide bonds. The molecule has 82 valence electrons. The standard InChI is InChI=1S/C13H18O2/c1-8-10-6-2-4-9-5-3-7-11(9)12(10)15-13(8)14/h9-12H,1-7H2/t9-,10+,11-,12-/m1/s1. The number of ether oxygens (including phenoxy) is 1. The molecule has 1 heterocycles. The number of rotatable bonds is 0. The van der Waals surface area contributed by atoms with Gasteiger partial charge in [-0.15, -0.1) is 0 Å². The number of carbonyl (C=O) groups excluding carboxylic acids is 1. The van der Waals surface area contributed by atoms with Gasteiger partial charge in [0.15, 0.2) is 0 Å². The molecule has 15 heavy (non-hydrogen) atoms. The van der Waals surface area contributed by atoms with Crippen LogP contribution in [0.2, 0.25) is 0 Å². The van der Waals surface area contributed by atoms with Crippen molar-refractivity contribution in [2.24, 2.45) is 17.8 Å². The lowest BCUT2D eigenvalue weighted by atomic mass is 9.84. The Morgan fingerprint density at radius 2 is 1.87 bits per heavy atom. The van der Waals surface area contributed by atoms with Gasteiger partial charge >= 0.3 is 5.97 Å². The van der Waals surface area contributed by atoms with E-state index in [-0.39, 0.29) is 12.1 Å². The molecule has 2 heteroatoms. The molecule has 3 fully saturated rings. The van der Waals surface area contributed by atoms with Crippen molar-refractivity contribution in [3.8, 4) is 0 Å². The topological polar surface area (TPSA) is 26.3 Å². The SMILES string of the molecule is C=C1C(=O)O[C@H]2[C@@H]3CCC[C@H]3CCC[C@@H]12. The minimum atomic E-state index is -0.127. The quantitative estimate of drug-likeness (QED) is 0.450. The van der Waals surface area contributed by atoms with Crippen LogP contribution in [-0.2, 0) is 9.53 Å². The zero-order chi connectivity index (χ0) is 10.4. The molecule has 0 radical (unpaired) electrons. The lowest BCUT2D eigenvalue weighted by molar-refractivity contribution is -0.141. The Morgan fingerprint density at radius 1 is 1.13 bits per heavy atom. The maximum Gasteiger partial charge on any atom is 0.334 e. The van der Waals surface area contributed by atoms with Gasteiger partial charge in [0.2, 0.25) is 0 Å². The fourth-order valence-corrected chi connectivity index (χ4v) is 3.81. The number of fused-ring (bicyclic) bond motifs is 3. The van der Waals surface area contributed by atoms with Crippen LogP contribution in [-0.4, -0.2) is 12.1 Å². The summed E-state index contributed by atoms with van der Waals surface area (Å²) >= 11 is 0. The predicted molar refractivity (Wildman–Crippen MR) is 57.2 cm³/mol. The van der Waals surface area contributed by atoms with Gasteiger partial charge < -0.3 is 4.74 Å². The van der Waals surface area contributed by atoms with Crippen LogP contribution in [0.25, 0.3) is 0 Å². The van der Waals surface area contributed by atoms with E-state index in [0.717, 1.165) is 17.9 Å². The highest BCUT2D eigenvalue weighted by Crippen LogP contribution is 2.48. The van der Waals surface area contributed by atoms with E-state index < -0.39 is 0 Å². The van der Waals surface area contributed by atoms with Crippen molar-refractivity contribution in [3.05, 3.63) is 12.2 Å². The first-order valence-electron chi connectivity index (χ1n) is 6.17. The van der Waals surface area contributed by atoms with Crippen molar-refractivity contribution in [2.45, 2.75) is 44.6 Å². The van der Waals surface area contributed by atoms with Gasteiger partial charge in [0.25, 0.3) is 0 Å². The first-order chi connectivity index (χ1) is 7.27. The summed E-state index contributed by atoms with van der Waals surface area (Å²) in [5.74, 6) is 1.67. The average molecular weight is 206 g/mol. The van der Waals surface area contributed by atoms with E-state index in [1.54, 1.807) is 0 Å². The molecule has 1 saturated heterocycles. The zero-order valence-corrected chi connectivity index (χ0v) is 9.08. The molecular formula is C13H18O2. The zero-order valence-electron chi connectivity index (χ0n) is 9.08. The van der Waals surface area contributed by atoms with Crippen LogP contribution < -0.4 is 0 Å². The van der Waals surface area contributed by atoms with Gasteiger partial charge in [0, 0.05) is 11.5 Å². The molecule has 0 unspecified atom stereocenters. The summed E-state index contributed by atoms with van der Waals surface area (Å²) in [5.41, 5.74) is 0.743. The van der Waals surface area contributed by atoms with Gasteiger partial charge in [-0.3, -0.25) is 0 Å². The van der Waals surface area contributed by atoms with E-state index in [9.17, 15) is 4.79 Å². The molecule has 3 rings (SSSR count). The van der Waals surface area contributed by atoms with Gasteiger partial charge in [-0.2, -0.15) is 0 Å². The van der Waals surface area contributed by atoms with Gasteiger partial charge in [-0.05, 0) is 24.7 Å². The molecule has 0 N–H and O–H groups in total. The molecule has 3 aliphatic rings. The van der Waals surface area contributed by atoms with Crippen LogP contribution in [0.3, 0.4) is 0 Å². The summed E-state index contributed by atoms with van der Waals surface area (Å²) in [6.07, 6.45) is 7.80. The first-order valence-corrected chi connectivity index (χ1v) is 6.17. The predicted octanol–water partition coefficient (Wildman–Crippen LogP) is 2.68.